The van der Waals surface area contributed by atoms with Gasteiger partial charge in [0.2, 0.25) is 5.91 Å². The van der Waals surface area contributed by atoms with Crippen molar-refractivity contribution in [3.8, 4) is 0 Å². The molecule has 1 N–H and O–H groups in total. The van der Waals surface area contributed by atoms with E-state index in [-0.39, 0.29) is 30.6 Å². The van der Waals surface area contributed by atoms with Crippen molar-refractivity contribution < 1.29 is 19.1 Å². The number of hydrogen-bond acceptors (Lipinski definition) is 6. The van der Waals surface area contributed by atoms with Gasteiger partial charge in [0.05, 0.1) is 31.4 Å². The Morgan fingerprint density at radius 1 is 1.42 bits per heavy atom. The molecule has 146 valence electrons. The molecule has 0 bridgehead atoms. The summed E-state index contributed by atoms with van der Waals surface area (Å²) in [7, 11) is 0. The number of nitrogens with one attached hydrogen (secondary N) is 1. The highest BCUT2D eigenvalue weighted by Gasteiger charge is 2.27. The van der Waals surface area contributed by atoms with Crippen LogP contribution in [0, 0.1) is 5.92 Å². The summed E-state index contributed by atoms with van der Waals surface area (Å²) in [6.45, 7) is 12.0. The Bertz CT molecular complexity index is 629. The van der Waals surface area contributed by atoms with Gasteiger partial charge in [0.15, 0.2) is 0 Å². The van der Waals surface area contributed by atoms with Crippen LogP contribution in [0.1, 0.15) is 50.5 Å². The molecule has 26 heavy (non-hydrogen) atoms. The van der Waals surface area contributed by atoms with Gasteiger partial charge in [-0.05, 0) is 44.1 Å². The lowest BCUT2D eigenvalue weighted by Crippen LogP contribution is -2.50. The third kappa shape index (κ3) is 5.53. The molecule has 2 rings (SSSR count). The summed E-state index contributed by atoms with van der Waals surface area (Å²) in [4.78, 5) is 27.1. The molecule has 1 saturated heterocycles. The first-order valence-corrected chi connectivity index (χ1v) is 10.1. The molecule has 1 aliphatic heterocycles. The summed E-state index contributed by atoms with van der Waals surface area (Å²) in [5.74, 6) is -0.0699. The summed E-state index contributed by atoms with van der Waals surface area (Å²) in [6, 6.07) is 0.196. The van der Waals surface area contributed by atoms with Gasteiger partial charge in [-0.25, -0.2) is 4.79 Å². The highest BCUT2D eigenvalue weighted by molar-refractivity contribution is 7.15. The van der Waals surface area contributed by atoms with Crippen molar-refractivity contribution >= 4 is 28.2 Å². The Labute approximate surface area is 159 Å². The van der Waals surface area contributed by atoms with Crippen molar-refractivity contribution in [2.45, 2.75) is 53.2 Å². The number of hydrogen-bond donors (Lipinski definition) is 1. The molecule has 1 amide bonds. The van der Waals surface area contributed by atoms with E-state index in [4.69, 9.17) is 9.47 Å². The third-order valence-electron chi connectivity index (χ3n) is 4.31. The van der Waals surface area contributed by atoms with Gasteiger partial charge in [0, 0.05) is 12.6 Å². The van der Waals surface area contributed by atoms with Crippen LogP contribution in [0.25, 0.3) is 0 Å². The van der Waals surface area contributed by atoms with Gasteiger partial charge in [-0.2, -0.15) is 0 Å². The number of ether oxygens (including phenoxy) is 2. The first-order valence-electron chi connectivity index (χ1n) is 9.24. The highest BCUT2D eigenvalue weighted by Crippen LogP contribution is 2.31. The molecule has 0 spiro atoms. The smallest absolute Gasteiger partial charge is 0.341 e. The average molecular weight is 383 g/mol. The first kappa shape index (κ1) is 20.9. The number of thiophene rings is 1. The minimum atomic E-state index is -0.368. The molecule has 0 aromatic carbocycles. The van der Waals surface area contributed by atoms with E-state index < -0.39 is 0 Å². The van der Waals surface area contributed by atoms with Crippen molar-refractivity contribution in [2.24, 2.45) is 5.92 Å². The van der Waals surface area contributed by atoms with Crippen molar-refractivity contribution in [3.05, 3.63) is 16.5 Å². The number of carbonyl (C=O) groups is 2. The van der Waals surface area contributed by atoms with Crippen molar-refractivity contribution in [2.75, 3.05) is 31.6 Å². The molecule has 0 radical (unpaired) electrons. The topological polar surface area (TPSA) is 67.9 Å². The number of nitrogens with zero attached hydrogens (tertiary/aromatic N) is 1. The Kier molecular flexibility index (Phi) is 7.61. The van der Waals surface area contributed by atoms with E-state index in [2.05, 4.69) is 31.0 Å². The molecule has 7 heteroatoms. The van der Waals surface area contributed by atoms with E-state index in [1.165, 1.54) is 11.3 Å². The predicted octanol–water partition coefficient (Wildman–Crippen LogP) is 3.17. The number of amides is 1. The van der Waals surface area contributed by atoms with E-state index in [0.29, 0.717) is 29.7 Å². The van der Waals surface area contributed by atoms with Gasteiger partial charge in [-0.15, -0.1) is 11.3 Å². The van der Waals surface area contributed by atoms with Gasteiger partial charge in [0.25, 0.3) is 0 Å². The molecular weight excluding hydrogens is 352 g/mol. The van der Waals surface area contributed by atoms with Crippen LogP contribution in [0.3, 0.4) is 0 Å². The van der Waals surface area contributed by atoms with Crippen molar-refractivity contribution in [3.63, 3.8) is 0 Å². The highest BCUT2D eigenvalue weighted by atomic mass is 32.1. The number of anilines is 1. The van der Waals surface area contributed by atoms with Crippen LogP contribution in [-0.4, -0.2) is 55.2 Å². The van der Waals surface area contributed by atoms with Crippen LogP contribution in [0.5, 0.6) is 0 Å². The van der Waals surface area contributed by atoms with Crippen molar-refractivity contribution in [1.82, 2.24) is 4.90 Å². The summed E-state index contributed by atoms with van der Waals surface area (Å²) < 4.78 is 10.8. The SMILES string of the molecule is CCOC(=O)c1c(CC(C)C)csc1NC(=O)CN1C[C@H](C)OC[C@H]1C. The van der Waals surface area contributed by atoms with Gasteiger partial charge in [-0.3, -0.25) is 9.69 Å². The van der Waals surface area contributed by atoms with Crippen LogP contribution >= 0.6 is 11.3 Å². The molecule has 6 nitrogen and oxygen atoms in total. The van der Waals surface area contributed by atoms with E-state index >= 15 is 0 Å². The standard InChI is InChI=1S/C19H30N2O4S/c1-6-24-19(23)17-15(7-12(2)3)11-26-18(17)20-16(22)9-21-8-14(5)25-10-13(21)4/h11-14H,6-10H2,1-5H3,(H,20,22)/t13-,14+/m1/s1. The van der Waals surface area contributed by atoms with E-state index in [1.807, 2.05) is 12.3 Å². The van der Waals surface area contributed by atoms with Crippen LogP contribution in [0.2, 0.25) is 0 Å². The number of esters is 1. The Morgan fingerprint density at radius 3 is 2.81 bits per heavy atom. The normalized spacial score (nSPS) is 21.0. The second-order valence-corrected chi connectivity index (χ2v) is 8.13. The maximum atomic E-state index is 12.6. The molecule has 0 unspecified atom stereocenters. The first-order chi connectivity index (χ1) is 12.3. The fraction of sp³-hybridized carbons (Fsp3) is 0.684. The summed E-state index contributed by atoms with van der Waals surface area (Å²) in [6.07, 6.45) is 0.895. The maximum Gasteiger partial charge on any atom is 0.341 e. The zero-order chi connectivity index (χ0) is 19.3. The average Bonchev–Trinajstić information content (AvgIpc) is 2.92. The summed E-state index contributed by atoms with van der Waals surface area (Å²) in [5.41, 5.74) is 1.44. The zero-order valence-electron chi connectivity index (χ0n) is 16.3. The molecule has 1 aromatic heterocycles. The Morgan fingerprint density at radius 2 is 2.15 bits per heavy atom. The second-order valence-electron chi connectivity index (χ2n) is 7.25. The van der Waals surface area contributed by atoms with E-state index in [1.54, 1.807) is 6.92 Å². The van der Waals surface area contributed by atoms with Gasteiger partial charge < -0.3 is 14.8 Å². The lowest BCUT2D eigenvalue weighted by molar-refractivity contribution is -0.121. The monoisotopic (exact) mass is 382 g/mol. The summed E-state index contributed by atoms with van der Waals surface area (Å²) in [5, 5.41) is 5.45. The van der Waals surface area contributed by atoms with E-state index in [9.17, 15) is 9.59 Å². The van der Waals surface area contributed by atoms with Crippen LogP contribution < -0.4 is 5.32 Å². The fourth-order valence-electron chi connectivity index (χ4n) is 3.05. The van der Waals surface area contributed by atoms with Gasteiger partial charge in [-0.1, -0.05) is 13.8 Å². The molecular formula is C19H30N2O4S. The summed E-state index contributed by atoms with van der Waals surface area (Å²) >= 11 is 1.39. The minimum absolute atomic E-state index is 0.116. The molecule has 0 saturated carbocycles. The number of carbonyl (C=O) groups excluding carboxylic acids is 2. The maximum absolute atomic E-state index is 12.6. The lowest BCUT2D eigenvalue weighted by atomic mass is 10.0. The van der Waals surface area contributed by atoms with Crippen LogP contribution in [-0.2, 0) is 20.7 Å². The molecule has 2 heterocycles. The van der Waals surface area contributed by atoms with Crippen LogP contribution in [0.15, 0.2) is 5.38 Å². The second kappa shape index (κ2) is 9.48. The minimum Gasteiger partial charge on any atom is -0.462 e. The van der Waals surface area contributed by atoms with Gasteiger partial charge in [0.1, 0.15) is 5.00 Å². The number of morpholine rings is 1. The Balaban J connectivity index is 2.10. The zero-order valence-corrected chi connectivity index (χ0v) is 17.1. The fourth-order valence-corrected chi connectivity index (χ4v) is 4.02. The molecule has 1 fully saturated rings. The largest absolute Gasteiger partial charge is 0.462 e. The predicted molar refractivity (Wildman–Crippen MR) is 104 cm³/mol. The quantitative estimate of drug-likeness (QED) is 0.734. The Hall–Kier alpha value is -1.44. The van der Waals surface area contributed by atoms with Gasteiger partial charge >= 0.3 is 5.97 Å². The van der Waals surface area contributed by atoms with Crippen molar-refractivity contribution in [1.29, 1.82) is 0 Å². The van der Waals surface area contributed by atoms with Crippen LogP contribution in [0.4, 0.5) is 5.00 Å². The number of rotatable bonds is 7. The molecule has 2 atom stereocenters. The van der Waals surface area contributed by atoms with E-state index in [0.717, 1.165) is 18.5 Å². The molecule has 1 aliphatic rings. The molecule has 1 aromatic rings. The lowest BCUT2D eigenvalue weighted by Gasteiger charge is -2.36. The third-order valence-corrected chi connectivity index (χ3v) is 5.26. The molecule has 0 aliphatic carbocycles.